The van der Waals surface area contributed by atoms with Gasteiger partial charge in [0.25, 0.3) is 5.91 Å². The molecule has 1 saturated carbocycles. The van der Waals surface area contributed by atoms with Crippen LogP contribution in [0.15, 0.2) is 54.1 Å². The van der Waals surface area contributed by atoms with Gasteiger partial charge in [-0.25, -0.2) is 4.99 Å². The topological polar surface area (TPSA) is 101 Å². The molecule has 3 aliphatic rings. The van der Waals surface area contributed by atoms with Crippen molar-refractivity contribution in [2.45, 2.75) is 43.7 Å². The van der Waals surface area contributed by atoms with Gasteiger partial charge in [-0.15, -0.1) is 0 Å². The molecule has 1 aromatic rings. The quantitative estimate of drug-likeness (QED) is 0.496. The molecule has 0 aromatic heterocycles. The molecule has 2 aliphatic carbocycles. The summed E-state index contributed by atoms with van der Waals surface area (Å²) >= 11 is 0. The van der Waals surface area contributed by atoms with E-state index >= 15 is 0 Å². The predicted octanol–water partition coefficient (Wildman–Crippen LogP) is 3.47. The number of guanidine groups is 1. The number of nitriles is 1. The molecule has 1 atom stereocenters. The second kappa shape index (κ2) is 9.21. The third kappa shape index (κ3) is 3.58. The number of aliphatic imine (C=N–C) groups is 1. The summed E-state index contributed by atoms with van der Waals surface area (Å²) in [7, 11) is 3.35. The minimum atomic E-state index is -1.08. The SMILES string of the molecule is C=CC(=CC(=C)C#N)c1ccc2c(c1)C1(N=C(N)N(CCOC)C1=O)C1(CCC(OC)CC1)C2. The summed E-state index contributed by atoms with van der Waals surface area (Å²) < 4.78 is 10.9. The van der Waals surface area contributed by atoms with Crippen molar-refractivity contribution in [2.24, 2.45) is 16.1 Å². The van der Waals surface area contributed by atoms with Crippen LogP contribution >= 0.6 is 0 Å². The minimum Gasteiger partial charge on any atom is -0.383 e. The summed E-state index contributed by atoms with van der Waals surface area (Å²) in [6.45, 7) is 8.41. The standard InChI is InChI=1S/C27H32N4O3/c1-5-19(14-18(2)17-28)20-6-7-21-16-26(10-8-22(34-4)9-11-26)27(23(21)15-20)24(32)31(12-13-33-3)25(29)30-27/h5-7,14-15,22H,1-2,8-13,16H2,3-4H3,(H2,29,30). The molecule has 7 nitrogen and oxygen atoms in total. The van der Waals surface area contributed by atoms with E-state index in [9.17, 15) is 10.1 Å². The Morgan fingerprint density at radius 2 is 2.12 bits per heavy atom. The Balaban J connectivity index is 1.86. The van der Waals surface area contributed by atoms with Crippen molar-refractivity contribution in [2.75, 3.05) is 27.4 Å². The fourth-order valence-electron chi connectivity index (χ4n) is 5.92. The fourth-order valence-corrected chi connectivity index (χ4v) is 5.92. The molecule has 0 saturated heterocycles. The highest BCUT2D eigenvalue weighted by molar-refractivity contribution is 6.08. The number of benzene rings is 1. The highest BCUT2D eigenvalue weighted by Gasteiger charge is 2.66. The van der Waals surface area contributed by atoms with E-state index in [-0.39, 0.29) is 23.4 Å². The molecule has 0 radical (unpaired) electrons. The summed E-state index contributed by atoms with van der Waals surface area (Å²) in [6.07, 6.45) is 7.75. The fraction of sp³-hybridized carbons (Fsp3) is 0.444. The van der Waals surface area contributed by atoms with Crippen LogP contribution in [0.2, 0.25) is 0 Å². The summed E-state index contributed by atoms with van der Waals surface area (Å²) in [5.41, 5.74) is 8.91. The lowest BCUT2D eigenvalue weighted by molar-refractivity contribution is -0.138. The number of nitrogens with zero attached hydrogens (tertiary/aromatic N) is 3. The first kappa shape index (κ1) is 23.9. The van der Waals surface area contributed by atoms with Gasteiger partial charge in [0.2, 0.25) is 0 Å². The van der Waals surface area contributed by atoms with Crippen molar-refractivity contribution in [3.8, 4) is 6.07 Å². The van der Waals surface area contributed by atoms with Crippen molar-refractivity contribution in [3.05, 3.63) is 65.8 Å². The lowest BCUT2D eigenvalue weighted by Gasteiger charge is -2.45. The van der Waals surface area contributed by atoms with Gasteiger partial charge < -0.3 is 15.2 Å². The number of methoxy groups -OCH3 is 2. The van der Waals surface area contributed by atoms with Gasteiger partial charge in [0.15, 0.2) is 11.5 Å². The van der Waals surface area contributed by atoms with Crippen LogP contribution in [0.4, 0.5) is 0 Å². The van der Waals surface area contributed by atoms with Crippen molar-refractivity contribution in [1.82, 2.24) is 4.90 Å². The van der Waals surface area contributed by atoms with E-state index in [1.165, 1.54) is 0 Å². The van der Waals surface area contributed by atoms with Gasteiger partial charge in [0, 0.05) is 25.2 Å². The van der Waals surface area contributed by atoms with Crippen LogP contribution in [0.3, 0.4) is 0 Å². The lowest BCUT2D eigenvalue weighted by atomic mass is 9.61. The minimum absolute atomic E-state index is 0.0839. The van der Waals surface area contributed by atoms with Gasteiger partial charge >= 0.3 is 0 Å². The zero-order valence-electron chi connectivity index (χ0n) is 20.0. The number of rotatable bonds is 7. The Morgan fingerprint density at radius 3 is 2.74 bits per heavy atom. The van der Waals surface area contributed by atoms with Crippen molar-refractivity contribution >= 4 is 17.4 Å². The maximum absolute atomic E-state index is 14.2. The molecule has 2 spiro atoms. The van der Waals surface area contributed by atoms with E-state index < -0.39 is 5.54 Å². The number of nitrogens with two attached hydrogens (primary N) is 1. The zero-order valence-corrected chi connectivity index (χ0v) is 20.0. The van der Waals surface area contributed by atoms with Gasteiger partial charge in [-0.3, -0.25) is 9.69 Å². The van der Waals surface area contributed by atoms with Gasteiger partial charge in [-0.2, -0.15) is 5.26 Å². The number of ether oxygens (including phenoxy) is 2. The van der Waals surface area contributed by atoms with E-state index in [1.807, 2.05) is 12.1 Å². The molecular weight excluding hydrogens is 428 g/mol. The van der Waals surface area contributed by atoms with Crippen LogP contribution < -0.4 is 5.73 Å². The van der Waals surface area contributed by atoms with Crippen LogP contribution in [0.25, 0.3) is 5.57 Å². The molecule has 0 bridgehead atoms. The van der Waals surface area contributed by atoms with E-state index in [2.05, 4.69) is 25.3 Å². The summed E-state index contributed by atoms with van der Waals surface area (Å²) in [4.78, 5) is 20.7. The molecule has 1 aliphatic heterocycles. The number of hydrogen-bond donors (Lipinski definition) is 1. The Hall–Kier alpha value is -3.21. The third-order valence-corrected chi connectivity index (χ3v) is 7.68. The number of carbonyl (C=O) groups excluding carboxylic acids is 1. The first-order valence-corrected chi connectivity index (χ1v) is 11.6. The molecular formula is C27H32N4O3. The molecule has 7 heteroatoms. The van der Waals surface area contributed by atoms with E-state index in [1.54, 1.807) is 31.3 Å². The van der Waals surface area contributed by atoms with Gasteiger partial charge in [-0.1, -0.05) is 31.4 Å². The molecule has 2 N–H and O–H groups in total. The number of allylic oxidation sites excluding steroid dienone is 4. The van der Waals surface area contributed by atoms with Crippen LogP contribution in [0, 0.1) is 16.7 Å². The second-order valence-corrected chi connectivity index (χ2v) is 9.33. The summed E-state index contributed by atoms with van der Waals surface area (Å²) in [5.74, 6) is 0.158. The Kier molecular flexibility index (Phi) is 6.48. The first-order valence-electron chi connectivity index (χ1n) is 11.6. The summed E-state index contributed by atoms with van der Waals surface area (Å²) in [6, 6.07) is 8.17. The molecule has 1 heterocycles. The number of hydrogen-bond acceptors (Lipinski definition) is 6. The maximum atomic E-state index is 14.2. The molecule has 1 fully saturated rings. The van der Waals surface area contributed by atoms with Gasteiger partial charge in [-0.05, 0) is 66.5 Å². The maximum Gasteiger partial charge on any atom is 0.262 e. The van der Waals surface area contributed by atoms with Crippen molar-refractivity contribution in [1.29, 1.82) is 5.26 Å². The molecule has 178 valence electrons. The normalized spacial score (nSPS) is 28.2. The van der Waals surface area contributed by atoms with E-state index in [4.69, 9.17) is 20.2 Å². The van der Waals surface area contributed by atoms with E-state index in [0.717, 1.165) is 54.4 Å². The smallest absolute Gasteiger partial charge is 0.262 e. The molecule has 1 aromatic carbocycles. The van der Waals surface area contributed by atoms with Crippen LogP contribution in [-0.2, 0) is 26.2 Å². The highest BCUT2D eigenvalue weighted by Crippen LogP contribution is 2.62. The molecule has 1 amide bonds. The monoisotopic (exact) mass is 460 g/mol. The van der Waals surface area contributed by atoms with Crippen LogP contribution in [-0.4, -0.2) is 50.2 Å². The predicted molar refractivity (Wildman–Crippen MR) is 132 cm³/mol. The number of fused-ring (bicyclic) bond motifs is 3. The highest BCUT2D eigenvalue weighted by atomic mass is 16.5. The molecule has 34 heavy (non-hydrogen) atoms. The van der Waals surface area contributed by atoms with Crippen molar-refractivity contribution < 1.29 is 14.3 Å². The Morgan fingerprint density at radius 1 is 1.38 bits per heavy atom. The number of amides is 1. The lowest BCUT2D eigenvalue weighted by Crippen LogP contribution is -2.52. The average molecular weight is 461 g/mol. The van der Waals surface area contributed by atoms with Gasteiger partial charge in [0.05, 0.1) is 25.3 Å². The van der Waals surface area contributed by atoms with Crippen molar-refractivity contribution in [3.63, 3.8) is 0 Å². The number of carbonyl (C=O) groups is 1. The van der Waals surface area contributed by atoms with Crippen LogP contribution in [0.5, 0.6) is 0 Å². The Labute approximate surface area is 201 Å². The van der Waals surface area contributed by atoms with E-state index in [0.29, 0.717) is 18.7 Å². The first-order chi connectivity index (χ1) is 16.4. The average Bonchev–Trinajstić information content (AvgIpc) is 3.26. The van der Waals surface area contributed by atoms with Gasteiger partial charge in [0.1, 0.15) is 0 Å². The zero-order chi connectivity index (χ0) is 24.5. The molecule has 4 rings (SSSR count). The molecule has 1 unspecified atom stereocenters. The summed E-state index contributed by atoms with van der Waals surface area (Å²) in [5, 5.41) is 9.19. The largest absolute Gasteiger partial charge is 0.383 e. The van der Waals surface area contributed by atoms with Crippen LogP contribution in [0.1, 0.15) is 42.4 Å². The second-order valence-electron chi connectivity index (χ2n) is 9.33. The Bertz CT molecular complexity index is 1120. The third-order valence-electron chi connectivity index (χ3n) is 7.68.